The summed E-state index contributed by atoms with van der Waals surface area (Å²) in [5.41, 5.74) is -0.0414. The summed E-state index contributed by atoms with van der Waals surface area (Å²) in [5.74, 6) is -0.981. The Morgan fingerprint density at radius 1 is 1.03 bits per heavy atom. The summed E-state index contributed by atoms with van der Waals surface area (Å²) in [4.78, 5) is 29.0. The molecule has 0 atom stereocenters. The quantitative estimate of drug-likeness (QED) is 0.665. The van der Waals surface area contributed by atoms with Gasteiger partial charge in [0.2, 0.25) is 15.6 Å². The smallest absolute Gasteiger partial charge is 0.254 e. The molecular formula is C20H17ClFN3O4S. The molecule has 0 bridgehead atoms. The van der Waals surface area contributed by atoms with E-state index in [9.17, 15) is 22.4 Å². The maximum absolute atomic E-state index is 13.7. The number of aromatic amines is 1. The van der Waals surface area contributed by atoms with Gasteiger partial charge in [0, 0.05) is 43.1 Å². The van der Waals surface area contributed by atoms with Gasteiger partial charge in [0.05, 0.1) is 10.6 Å². The van der Waals surface area contributed by atoms with Crippen LogP contribution in [0.4, 0.5) is 4.39 Å². The standard InChI is InChI=1S/C20H17ClFN3O4S/c21-16-3-1-2-4-18(16)30(28,29)25-9-7-24(8-10-25)20(27)15-12-19(26)23-17-6-5-13(22)11-14(15)17/h1-6,11-12H,7-10H2,(H,23,26). The third-order valence-electron chi connectivity index (χ3n) is 5.02. The highest BCUT2D eigenvalue weighted by Crippen LogP contribution is 2.26. The molecule has 4 rings (SSSR count). The van der Waals surface area contributed by atoms with Crippen LogP contribution in [0.5, 0.6) is 0 Å². The van der Waals surface area contributed by atoms with Gasteiger partial charge in [-0.3, -0.25) is 9.59 Å². The predicted molar refractivity (Wildman–Crippen MR) is 111 cm³/mol. The van der Waals surface area contributed by atoms with Crippen molar-refractivity contribution in [3.8, 4) is 0 Å². The number of hydrogen-bond donors (Lipinski definition) is 1. The monoisotopic (exact) mass is 449 g/mol. The molecule has 0 aliphatic carbocycles. The van der Waals surface area contributed by atoms with Gasteiger partial charge < -0.3 is 9.88 Å². The Labute approximate surface area is 176 Å². The molecular weight excluding hydrogens is 433 g/mol. The van der Waals surface area contributed by atoms with Gasteiger partial charge in [-0.25, -0.2) is 12.8 Å². The van der Waals surface area contributed by atoms with Crippen LogP contribution < -0.4 is 5.56 Å². The lowest BCUT2D eigenvalue weighted by Crippen LogP contribution is -2.50. The van der Waals surface area contributed by atoms with Gasteiger partial charge in [-0.1, -0.05) is 23.7 Å². The van der Waals surface area contributed by atoms with Crippen molar-refractivity contribution in [1.29, 1.82) is 0 Å². The molecule has 0 unspecified atom stereocenters. The average Bonchev–Trinajstić information content (AvgIpc) is 2.73. The maximum atomic E-state index is 13.7. The number of carbonyl (C=O) groups excluding carboxylic acids is 1. The zero-order valence-electron chi connectivity index (χ0n) is 15.6. The van der Waals surface area contributed by atoms with Gasteiger partial charge in [-0.2, -0.15) is 4.31 Å². The lowest BCUT2D eigenvalue weighted by Gasteiger charge is -2.34. The molecule has 3 aromatic rings. The Morgan fingerprint density at radius 2 is 1.73 bits per heavy atom. The van der Waals surface area contributed by atoms with Crippen LogP contribution in [0.25, 0.3) is 10.9 Å². The van der Waals surface area contributed by atoms with E-state index >= 15 is 0 Å². The zero-order chi connectivity index (χ0) is 21.5. The Balaban J connectivity index is 1.57. The van der Waals surface area contributed by atoms with Crippen LogP contribution in [0.2, 0.25) is 5.02 Å². The topological polar surface area (TPSA) is 90.6 Å². The fourth-order valence-electron chi connectivity index (χ4n) is 3.50. The van der Waals surface area contributed by atoms with Gasteiger partial charge in [0.15, 0.2) is 0 Å². The predicted octanol–water partition coefficient (Wildman–Crippen LogP) is 2.47. The Kier molecular flexibility index (Phi) is 5.35. The number of pyridine rings is 1. The number of aromatic nitrogens is 1. The molecule has 1 amide bonds. The van der Waals surface area contributed by atoms with Crippen molar-refractivity contribution in [1.82, 2.24) is 14.2 Å². The van der Waals surface area contributed by atoms with E-state index in [4.69, 9.17) is 11.6 Å². The van der Waals surface area contributed by atoms with E-state index in [2.05, 4.69) is 4.98 Å². The largest absolute Gasteiger partial charge is 0.336 e. The van der Waals surface area contributed by atoms with Crippen LogP contribution in [-0.4, -0.2) is 54.7 Å². The molecule has 1 saturated heterocycles. The number of carbonyl (C=O) groups is 1. The van der Waals surface area contributed by atoms with Crippen LogP contribution >= 0.6 is 11.6 Å². The molecule has 1 N–H and O–H groups in total. The molecule has 7 nitrogen and oxygen atoms in total. The van der Waals surface area contributed by atoms with Crippen LogP contribution in [0.15, 0.2) is 58.2 Å². The summed E-state index contributed by atoms with van der Waals surface area (Å²) in [6.07, 6.45) is 0. The minimum atomic E-state index is -3.79. The van der Waals surface area contributed by atoms with Crippen molar-refractivity contribution in [2.24, 2.45) is 0 Å². The van der Waals surface area contributed by atoms with Gasteiger partial charge in [0.1, 0.15) is 10.7 Å². The summed E-state index contributed by atoms with van der Waals surface area (Å²) < 4.78 is 40.7. The molecule has 0 saturated carbocycles. The van der Waals surface area contributed by atoms with Crippen LogP contribution in [0, 0.1) is 5.82 Å². The van der Waals surface area contributed by atoms with Crippen LogP contribution in [0.3, 0.4) is 0 Å². The molecule has 30 heavy (non-hydrogen) atoms. The summed E-state index contributed by atoms with van der Waals surface area (Å²) in [6.45, 7) is 0.418. The first-order valence-corrected chi connectivity index (χ1v) is 11.0. The number of benzene rings is 2. The SMILES string of the molecule is O=C(c1cc(=O)[nH]c2ccc(F)cc12)N1CCN(S(=O)(=O)c2ccccc2Cl)CC1. The van der Waals surface area contributed by atoms with E-state index in [1.54, 1.807) is 12.1 Å². The molecule has 2 aromatic carbocycles. The highest BCUT2D eigenvalue weighted by molar-refractivity contribution is 7.89. The van der Waals surface area contributed by atoms with Crippen LogP contribution in [0.1, 0.15) is 10.4 Å². The second kappa shape index (κ2) is 7.82. The molecule has 1 fully saturated rings. The average molecular weight is 450 g/mol. The number of piperazine rings is 1. The molecule has 1 aliphatic heterocycles. The first-order chi connectivity index (χ1) is 14.3. The third-order valence-corrected chi connectivity index (χ3v) is 7.41. The number of sulfonamides is 1. The number of fused-ring (bicyclic) bond motifs is 1. The van der Waals surface area contributed by atoms with Crippen molar-refractivity contribution < 1.29 is 17.6 Å². The van der Waals surface area contributed by atoms with E-state index in [0.717, 1.165) is 6.07 Å². The van der Waals surface area contributed by atoms with Crippen molar-refractivity contribution in [3.05, 3.63) is 75.3 Å². The van der Waals surface area contributed by atoms with Crippen molar-refractivity contribution in [2.75, 3.05) is 26.2 Å². The van der Waals surface area contributed by atoms with E-state index < -0.39 is 27.3 Å². The van der Waals surface area contributed by atoms with Gasteiger partial charge in [0.25, 0.3) is 5.91 Å². The number of rotatable bonds is 3. The van der Waals surface area contributed by atoms with Crippen molar-refractivity contribution >= 4 is 38.4 Å². The minimum Gasteiger partial charge on any atom is -0.336 e. The lowest BCUT2D eigenvalue weighted by atomic mass is 10.1. The van der Waals surface area contributed by atoms with E-state index in [0.29, 0.717) is 10.9 Å². The highest BCUT2D eigenvalue weighted by atomic mass is 35.5. The normalized spacial score (nSPS) is 15.5. The van der Waals surface area contributed by atoms with Gasteiger partial charge in [-0.05, 0) is 30.3 Å². The number of halogens is 2. The van der Waals surface area contributed by atoms with Gasteiger partial charge >= 0.3 is 0 Å². The fraction of sp³-hybridized carbons (Fsp3) is 0.200. The second-order valence-electron chi connectivity index (χ2n) is 6.86. The molecule has 0 spiro atoms. The second-order valence-corrected chi connectivity index (χ2v) is 9.18. The molecule has 156 valence electrons. The van der Waals surface area contributed by atoms with E-state index in [1.165, 1.54) is 39.5 Å². The van der Waals surface area contributed by atoms with Crippen LogP contribution in [-0.2, 0) is 10.0 Å². The molecule has 2 heterocycles. The molecule has 0 radical (unpaired) electrons. The lowest BCUT2D eigenvalue weighted by molar-refractivity contribution is 0.0699. The molecule has 1 aromatic heterocycles. The zero-order valence-corrected chi connectivity index (χ0v) is 17.2. The number of nitrogens with zero attached hydrogens (tertiary/aromatic N) is 2. The van der Waals surface area contributed by atoms with E-state index in [-0.39, 0.29) is 41.7 Å². The number of nitrogens with one attached hydrogen (secondary N) is 1. The Bertz CT molecular complexity index is 1300. The summed E-state index contributed by atoms with van der Waals surface area (Å²) >= 11 is 6.04. The number of amides is 1. The minimum absolute atomic E-state index is 0.0162. The summed E-state index contributed by atoms with van der Waals surface area (Å²) in [5, 5.41) is 0.429. The van der Waals surface area contributed by atoms with E-state index in [1.807, 2.05) is 0 Å². The Hall–Kier alpha value is -2.75. The maximum Gasteiger partial charge on any atom is 0.254 e. The Morgan fingerprint density at radius 3 is 2.43 bits per heavy atom. The first-order valence-electron chi connectivity index (χ1n) is 9.14. The highest BCUT2D eigenvalue weighted by Gasteiger charge is 2.32. The van der Waals surface area contributed by atoms with Gasteiger partial charge in [-0.15, -0.1) is 0 Å². The molecule has 10 heteroatoms. The number of hydrogen-bond acceptors (Lipinski definition) is 4. The van der Waals surface area contributed by atoms with Crippen molar-refractivity contribution in [3.63, 3.8) is 0 Å². The summed E-state index contributed by atoms with van der Waals surface area (Å²) in [7, 11) is -3.79. The molecule has 1 aliphatic rings. The first kappa shape index (κ1) is 20.5. The number of H-pyrrole nitrogens is 1. The fourth-order valence-corrected chi connectivity index (χ4v) is 5.41. The summed E-state index contributed by atoms with van der Waals surface area (Å²) in [6, 6.07) is 11.1. The van der Waals surface area contributed by atoms with Crippen molar-refractivity contribution in [2.45, 2.75) is 4.90 Å². The third kappa shape index (κ3) is 3.71.